The van der Waals surface area contributed by atoms with Crippen LogP contribution in [0.5, 0.6) is 5.75 Å². The van der Waals surface area contributed by atoms with E-state index in [1.54, 1.807) is 0 Å². The van der Waals surface area contributed by atoms with Crippen molar-refractivity contribution in [1.29, 1.82) is 0 Å². The third-order valence-corrected chi connectivity index (χ3v) is 7.91. The SMILES string of the molecule is CC1=C(CN2CC(C(=O)O)C2)CCc2cc(OCc3cc(C(F)(F)F)c(C4CCCC4)cn3)ccc21. The van der Waals surface area contributed by atoms with E-state index >= 15 is 0 Å². The highest BCUT2D eigenvalue weighted by Gasteiger charge is 2.37. The van der Waals surface area contributed by atoms with Gasteiger partial charge in [-0.15, -0.1) is 0 Å². The highest BCUT2D eigenvalue weighted by Crippen LogP contribution is 2.41. The molecule has 2 aliphatic carbocycles. The molecule has 5 nitrogen and oxygen atoms in total. The van der Waals surface area contributed by atoms with Crippen molar-refractivity contribution in [3.8, 4) is 5.75 Å². The second-order valence-electron chi connectivity index (χ2n) is 10.3. The first-order chi connectivity index (χ1) is 17.2. The monoisotopic (exact) mass is 500 g/mol. The Labute approximate surface area is 209 Å². The molecule has 0 radical (unpaired) electrons. The van der Waals surface area contributed by atoms with Gasteiger partial charge in [0.15, 0.2) is 0 Å². The number of halogens is 3. The summed E-state index contributed by atoms with van der Waals surface area (Å²) in [4.78, 5) is 17.5. The summed E-state index contributed by atoms with van der Waals surface area (Å²) in [5.41, 5.74) is 4.84. The lowest BCUT2D eigenvalue weighted by molar-refractivity contribution is -0.147. The maximum absolute atomic E-state index is 13.8. The molecule has 8 heteroatoms. The summed E-state index contributed by atoms with van der Waals surface area (Å²) in [6.07, 6.45) is 2.23. The summed E-state index contributed by atoms with van der Waals surface area (Å²) in [5.74, 6) is -0.437. The lowest BCUT2D eigenvalue weighted by atomic mass is 9.85. The van der Waals surface area contributed by atoms with E-state index < -0.39 is 17.7 Å². The molecular formula is C28H31F3N2O3. The number of carboxylic acids is 1. The van der Waals surface area contributed by atoms with E-state index in [1.807, 2.05) is 18.2 Å². The van der Waals surface area contributed by atoms with Gasteiger partial charge in [-0.2, -0.15) is 13.2 Å². The van der Waals surface area contributed by atoms with Gasteiger partial charge in [-0.25, -0.2) is 0 Å². The Bertz CT molecular complexity index is 1180. The Kier molecular flexibility index (Phi) is 6.81. The predicted molar refractivity (Wildman–Crippen MR) is 130 cm³/mol. The zero-order chi connectivity index (χ0) is 25.4. The first-order valence-corrected chi connectivity index (χ1v) is 12.6. The fourth-order valence-corrected chi connectivity index (χ4v) is 5.77. The molecule has 0 atom stereocenters. The number of aromatic nitrogens is 1. The van der Waals surface area contributed by atoms with Crippen LogP contribution in [0.25, 0.3) is 5.57 Å². The van der Waals surface area contributed by atoms with Crippen LogP contribution < -0.4 is 4.74 Å². The normalized spacial score (nSPS) is 19.3. The van der Waals surface area contributed by atoms with Crippen LogP contribution in [0.15, 0.2) is 36.0 Å². The zero-order valence-electron chi connectivity index (χ0n) is 20.4. The van der Waals surface area contributed by atoms with Crippen LogP contribution in [0.3, 0.4) is 0 Å². The molecule has 0 unspecified atom stereocenters. The zero-order valence-corrected chi connectivity index (χ0v) is 20.4. The van der Waals surface area contributed by atoms with Crippen LogP contribution >= 0.6 is 0 Å². The standard InChI is InChI=1S/C28H31F3N2O3/c1-17-20(13-33-14-21(15-33)27(34)35)7-6-19-10-23(8-9-24(17)19)36-16-22-11-26(28(29,30)31)25(12-32-22)18-4-2-3-5-18/h8-12,18,21H,2-7,13-16H2,1H3,(H,34,35). The molecular weight excluding hydrogens is 469 g/mol. The number of allylic oxidation sites excluding steroid dienone is 1. The number of alkyl halides is 3. The number of hydrogen-bond donors (Lipinski definition) is 1. The van der Waals surface area contributed by atoms with Crippen LogP contribution in [-0.2, 0) is 24.0 Å². The van der Waals surface area contributed by atoms with Crippen LogP contribution in [-0.4, -0.2) is 40.6 Å². The number of nitrogens with zero attached hydrogens (tertiary/aromatic N) is 2. The molecule has 2 aromatic rings. The summed E-state index contributed by atoms with van der Waals surface area (Å²) >= 11 is 0. The molecule has 3 aliphatic rings. The summed E-state index contributed by atoms with van der Waals surface area (Å²) in [6.45, 7) is 4.05. The van der Waals surface area contributed by atoms with E-state index in [9.17, 15) is 18.0 Å². The number of carboxylic acid groups (broad SMARTS) is 1. The molecule has 1 N–H and O–H groups in total. The number of aliphatic carboxylic acids is 1. The number of rotatable bonds is 7. The Balaban J connectivity index is 1.26. The quantitative estimate of drug-likeness (QED) is 0.500. The van der Waals surface area contributed by atoms with Gasteiger partial charge in [0, 0.05) is 25.8 Å². The van der Waals surface area contributed by atoms with Crippen molar-refractivity contribution in [2.75, 3.05) is 19.6 Å². The van der Waals surface area contributed by atoms with Gasteiger partial charge in [0.25, 0.3) is 0 Å². The number of carbonyl (C=O) groups is 1. The van der Waals surface area contributed by atoms with Crippen molar-refractivity contribution in [3.05, 3.63) is 64.0 Å². The Hall–Kier alpha value is -2.87. The molecule has 0 bridgehead atoms. The Morgan fingerprint density at radius 1 is 1.17 bits per heavy atom. The number of ether oxygens (including phenoxy) is 1. The van der Waals surface area contributed by atoms with Gasteiger partial charge >= 0.3 is 12.1 Å². The average molecular weight is 501 g/mol. The number of aryl methyl sites for hydroxylation is 1. The molecule has 1 aromatic heterocycles. The van der Waals surface area contributed by atoms with E-state index in [4.69, 9.17) is 9.84 Å². The van der Waals surface area contributed by atoms with Gasteiger partial charge in [0.1, 0.15) is 12.4 Å². The summed E-state index contributed by atoms with van der Waals surface area (Å²) < 4.78 is 47.1. The minimum atomic E-state index is -4.41. The van der Waals surface area contributed by atoms with Crippen molar-refractivity contribution < 1.29 is 27.8 Å². The molecule has 0 amide bonds. The van der Waals surface area contributed by atoms with E-state index in [-0.39, 0.29) is 24.1 Å². The van der Waals surface area contributed by atoms with Crippen molar-refractivity contribution in [2.45, 2.75) is 64.1 Å². The van der Waals surface area contributed by atoms with Gasteiger partial charge < -0.3 is 9.84 Å². The minimum Gasteiger partial charge on any atom is -0.487 e. The van der Waals surface area contributed by atoms with Gasteiger partial charge in [-0.3, -0.25) is 14.7 Å². The summed E-state index contributed by atoms with van der Waals surface area (Å²) in [5, 5.41) is 9.08. The van der Waals surface area contributed by atoms with Gasteiger partial charge in [0.05, 0.1) is 17.2 Å². The number of hydrogen-bond acceptors (Lipinski definition) is 4. The van der Waals surface area contributed by atoms with Gasteiger partial charge in [-0.1, -0.05) is 24.5 Å². The average Bonchev–Trinajstić information content (AvgIpc) is 3.35. The molecule has 1 saturated carbocycles. The predicted octanol–water partition coefficient (Wildman–Crippen LogP) is 6.07. The van der Waals surface area contributed by atoms with Crippen molar-refractivity contribution in [3.63, 3.8) is 0 Å². The number of fused-ring (bicyclic) bond motifs is 1. The van der Waals surface area contributed by atoms with Crippen molar-refractivity contribution >= 4 is 11.5 Å². The number of pyridine rings is 1. The number of benzene rings is 1. The summed E-state index contributed by atoms with van der Waals surface area (Å²) in [7, 11) is 0. The molecule has 1 saturated heterocycles. The molecule has 192 valence electrons. The molecule has 2 heterocycles. The Morgan fingerprint density at radius 3 is 2.61 bits per heavy atom. The van der Waals surface area contributed by atoms with Gasteiger partial charge in [-0.05, 0) is 79.0 Å². The van der Waals surface area contributed by atoms with Crippen LogP contribution in [0, 0.1) is 5.92 Å². The van der Waals surface area contributed by atoms with E-state index in [0.29, 0.717) is 24.4 Å². The molecule has 5 rings (SSSR count). The fourth-order valence-electron chi connectivity index (χ4n) is 5.77. The van der Waals surface area contributed by atoms with Crippen LogP contribution in [0.4, 0.5) is 13.2 Å². The van der Waals surface area contributed by atoms with Crippen LogP contribution in [0.1, 0.15) is 72.9 Å². The molecule has 36 heavy (non-hydrogen) atoms. The maximum Gasteiger partial charge on any atom is 0.416 e. The lowest BCUT2D eigenvalue weighted by Gasteiger charge is -2.38. The highest BCUT2D eigenvalue weighted by molar-refractivity contribution is 5.73. The highest BCUT2D eigenvalue weighted by atomic mass is 19.4. The van der Waals surface area contributed by atoms with Crippen molar-refractivity contribution in [2.24, 2.45) is 5.92 Å². The van der Waals surface area contributed by atoms with Gasteiger partial charge in [0.2, 0.25) is 0 Å². The molecule has 1 aromatic carbocycles. The van der Waals surface area contributed by atoms with E-state index in [1.165, 1.54) is 17.3 Å². The van der Waals surface area contributed by atoms with E-state index in [0.717, 1.165) is 62.3 Å². The largest absolute Gasteiger partial charge is 0.487 e. The summed E-state index contributed by atoms with van der Waals surface area (Å²) in [6, 6.07) is 6.98. The topological polar surface area (TPSA) is 62.7 Å². The molecule has 1 aliphatic heterocycles. The Morgan fingerprint density at radius 2 is 1.92 bits per heavy atom. The fraction of sp³-hybridized carbons (Fsp3) is 0.500. The molecule has 0 spiro atoms. The third kappa shape index (κ3) is 5.14. The second-order valence-corrected chi connectivity index (χ2v) is 10.3. The van der Waals surface area contributed by atoms with Crippen molar-refractivity contribution in [1.82, 2.24) is 9.88 Å². The first kappa shape index (κ1) is 24.8. The number of likely N-dealkylation sites (tertiary alicyclic amines) is 1. The smallest absolute Gasteiger partial charge is 0.416 e. The maximum atomic E-state index is 13.8. The van der Waals surface area contributed by atoms with Crippen LogP contribution in [0.2, 0.25) is 0 Å². The van der Waals surface area contributed by atoms with E-state index in [2.05, 4.69) is 16.8 Å². The second kappa shape index (κ2) is 9.88. The lowest BCUT2D eigenvalue weighted by Crippen LogP contribution is -2.50. The molecule has 2 fully saturated rings. The first-order valence-electron chi connectivity index (χ1n) is 12.6. The third-order valence-electron chi connectivity index (χ3n) is 7.91. The minimum absolute atomic E-state index is 0.0212.